The number of nitrogens with zero attached hydrogens (tertiary/aromatic N) is 2. The number of hydrogen-bond acceptors (Lipinski definition) is 4. The lowest BCUT2D eigenvalue weighted by atomic mass is 10.1. The van der Waals surface area contributed by atoms with Crippen molar-refractivity contribution in [2.75, 3.05) is 32.8 Å². The van der Waals surface area contributed by atoms with Crippen LogP contribution in [-0.4, -0.2) is 55.8 Å². The van der Waals surface area contributed by atoms with Crippen LogP contribution in [0.3, 0.4) is 0 Å². The van der Waals surface area contributed by atoms with Crippen molar-refractivity contribution in [3.8, 4) is 0 Å². The Morgan fingerprint density at radius 2 is 2.06 bits per heavy atom. The number of furan rings is 1. The number of guanidine groups is 1. The van der Waals surface area contributed by atoms with E-state index in [1.165, 1.54) is 5.56 Å². The fourth-order valence-electron chi connectivity index (χ4n) is 4.29. The summed E-state index contributed by atoms with van der Waals surface area (Å²) >= 11 is 0. The highest BCUT2D eigenvalue weighted by molar-refractivity contribution is 14.0. The lowest BCUT2D eigenvalue weighted by Gasteiger charge is -2.21. The SMILES string of the molecule is CC1CC(NC(=NCC2CCOC2)NCCc2ccco2)CN1Cc1ccccc1.I. The van der Waals surface area contributed by atoms with Gasteiger partial charge < -0.3 is 19.8 Å². The van der Waals surface area contributed by atoms with Crippen LogP contribution >= 0.6 is 24.0 Å². The van der Waals surface area contributed by atoms with Crippen LogP contribution in [0.25, 0.3) is 0 Å². The van der Waals surface area contributed by atoms with Crippen LogP contribution in [0.5, 0.6) is 0 Å². The minimum absolute atomic E-state index is 0. The van der Waals surface area contributed by atoms with Gasteiger partial charge in [0, 0.05) is 57.2 Å². The maximum atomic E-state index is 5.51. The van der Waals surface area contributed by atoms with Crippen LogP contribution in [0.1, 0.15) is 31.1 Å². The Morgan fingerprint density at radius 1 is 1.19 bits per heavy atom. The van der Waals surface area contributed by atoms with Gasteiger partial charge in [-0.3, -0.25) is 9.89 Å². The summed E-state index contributed by atoms with van der Waals surface area (Å²) in [5.74, 6) is 2.44. The molecule has 0 spiro atoms. The number of ether oxygens (including phenoxy) is 1. The van der Waals surface area contributed by atoms with Crippen molar-refractivity contribution in [3.63, 3.8) is 0 Å². The van der Waals surface area contributed by atoms with Crippen molar-refractivity contribution in [1.29, 1.82) is 0 Å². The van der Waals surface area contributed by atoms with Gasteiger partial charge in [-0.2, -0.15) is 0 Å². The lowest BCUT2D eigenvalue weighted by Crippen LogP contribution is -2.45. The third-order valence-corrected chi connectivity index (χ3v) is 6.05. The van der Waals surface area contributed by atoms with Gasteiger partial charge in [0.15, 0.2) is 5.96 Å². The normalized spacial score (nSPS) is 24.2. The Labute approximate surface area is 202 Å². The predicted molar refractivity (Wildman–Crippen MR) is 135 cm³/mol. The zero-order chi connectivity index (χ0) is 20.6. The monoisotopic (exact) mass is 538 g/mol. The zero-order valence-electron chi connectivity index (χ0n) is 18.3. The van der Waals surface area contributed by atoms with Crippen molar-refractivity contribution in [1.82, 2.24) is 15.5 Å². The maximum absolute atomic E-state index is 5.51. The Balaban J connectivity index is 0.00000272. The van der Waals surface area contributed by atoms with E-state index in [1.54, 1.807) is 6.26 Å². The summed E-state index contributed by atoms with van der Waals surface area (Å²) in [6.45, 7) is 7.65. The van der Waals surface area contributed by atoms with Crippen LogP contribution in [0.4, 0.5) is 0 Å². The summed E-state index contributed by atoms with van der Waals surface area (Å²) in [7, 11) is 0. The van der Waals surface area contributed by atoms with E-state index >= 15 is 0 Å². The van der Waals surface area contributed by atoms with Crippen LogP contribution in [-0.2, 0) is 17.7 Å². The topological polar surface area (TPSA) is 62.0 Å². The second-order valence-corrected chi connectivity index (χ2v) is 8.52. The Hall–Kier alpha value is -1.58. The molecule has 3 heterocycles. The molecule has 0 amide bonds. The quantitative estimate of drug-likeness (QED) is 0.305. The van der Waals surface area contributed by atoms with Gasteiger partial charge in [0.05, 0.1) is 12.9 Å². The van der Waals surface area contributed by atoms with Crippen LogP contribution in [0.2, 0.25) is 0 Å². The molecule has 0 bridgehead atoms. The second-order valence-electron chi connectivity index (χ2n) is 8.52. The van der Waals surface area contributed by atoms with Crippen LogP contribution in [0, 0.1) is 5.92 Å². The fraction of sp³-hybridized carbons (Fsp3) is 0.542. The van der Waals surface area contributed by atoms with E-state index in [9.17, 15) is 0 Å². The number of aliphatic imine (C=N–C) groups is 1. The molecule has 2 saturated heterocycles. The van der Waals surface area contributed by atoms with Gasteiger partial charge in [-0.1, -0.05) is 30.3 Å². The molecule has 1 aromatic heterocycles. The van der Waals surface area contributed by atoms with Crippen molar-refractivity contribution < 1.29 is 9.15 Å². The smallest absolute Gasteiger partial charge is 0.191 e. The lowest BCUT2D eigenvalue weighted by molar-refractivity contribution is 0.187. The molecule has 0 saturated carbocycles. The number of likely N-dealkylation sites (tertiary alicyclic amines) is 1. The van der Waals surface area contributed by atoms with E-state index in [0.717, 1.165) is 70.4 Å². The highest BCUT2D eigenvalue weighted by Gasteiger charge is 2.29. The van der Waals surface area contributed by atoms with Crippen molar-refractivity contribution in [2.24, 2.45) is 10.9 Å². The number of nitrogens with one attached hydrogen (secondary N) is 2. The summed E-state index contributed by atoms with van der Waals surface area (Å²) in [5, 5.41) is 7.20. The molecule has 0 radical (unpaired) electrons. The van der Waals surface area contributed by atoms with E-state index in [-0.39, 0.29) is 24.0 Å². The first kappa shape index (κ1) is 24.1. The molecule has 2 N–H and O–H groups in total. The van der Waals surface area contributed by atoms with Gasteiger partial charge in [0.25, 0.3) is 0 Å². The molecule has 31 heavy (non-hydrogen) atoms. The zero-order valence-corrected chi connectivity index (χ0v) is 20.7. The molecule has 3 unspecified atom stereocenters. The highest BCUT2D eigenvalue weighted by atomic mass is 127. The fourth-order valence-corrected chi connectivity index (χ4v) is 4.29. The summed E-state index contributed by atoms with van der Waals surface area (Å²) in [4.78, 5) is 7.44. The van der Waals surface area contributed by atoms with Gasteiger partial charge in [-0.25, -0.2) is 0 Å². The van der Waals surface area contributed by atoms with Gasteiger partial charge in [0.1, 0.15) is 5.76 Å². The number of hydrogen-bond donors (Lipinski definition) is 2. The average Bonchev–Trinajstić information content (AvgIpc) is 3.51. The first-order chi connectivity index (χ1) is 14.8. The molecular weight excluding hydrogens is 503 g/mol. The summed E-state index contributed by atoms with van der Waals surface area (Å²) < 4.78 is 11.0. The maximum Gasteiger partial charge on any atom is 0.191 e. The van der Waals surface area contributed by atoms with Crippen LogP contribution in [0.15, 0.2) is 58.1 Å². The molecule has 7 heteroatoms. The van der Waals surface area contributed by atoms with Crippen molar-refractivity contribution in [3.05, 3.63) is 60.1 Å². The highest BCUT2D eigenvalue weighted by Crippen LogP contribution is 2.20. The van der Waals surface area contributed by atoms with E-state index in [4.69, 9.17) is 14.1 Å². The van der Waals surface area contributed by atoms with Gasteiger partial charge in [-0.05, 0) is 37.5 Å². The Bertz CT molecular complexity index is 778. The van der Waals surface area contributed by atoms with Gasteiger partial charge >= 0.3 is 0 Å². The molecule has 4 rings (SSSR count). The van der Waals surface area contributed by atoms with Crippen molar-refractivity contribution >= 4 is 29.9 Å². The summed E-state index contributed by atoms with van der Waals surface area (Å²) in [5.41, 5.74) is 1.37. The molecule has 2 aliphatic rings. The van der Waals surface area contributed by atoms with E-state index in [0.29, 0.717) is 18.0 Å². The van der Waals surface area contributed by atoms with E-state index in [1.807, 2.05) is 12.1 Å². The average molecular weight is 538 g/mol. The largest absolute Gasteiger partial charge is 0.469 e. The molecule has 3 atom stereocenters. The Kier molecular flexibility index (Phi) is 9.67. The minimum atomic E-state index is 0. The van der Waals surface area contributed by atoms with Gasteiger partial charge in [0.2, 0.25) is 0 Å². The molecule has 2 aliphatic heterocycles. The standard InChI is InChI=1S/C24H34N4O2.HI/c1-19-14-22(17-28(19)16-20-6-3-2-4-7-20)27-24(26-15-21-10-13-29-18-21)25-11-9-23-8-5-12-30-23;/h2-8,12,19,21-22H,9-11,13-18H2,1H3,(H2,25,26,27);1H. The van der Waals surface area contributed by atoms with E-state index in [2.05, 4.69) is 52.8 Å². The molecule has 1 aromatic carbocycles. The molecule has 6 nitrogen and oxygen atoms in total. The second kappa shape index (κ2) is 12.5. The predicted octanol–water partition coefficient (Wildman–Crippen LogP) is 3.67. The number of rotatable bonds is 8. The summed E-state index contributed by atoms with van der Waals surface area (Å²) in [6, 6.07) is 15.6. The molecule has 170 valence electrons. The third kappa shape index (κ3) is 7.50. The minimum Gasteiger partial charge on any atom is -0.469 e. The first-order valence-electron chi connectivity index (χ1n) is 11.2. The molecule has 0 aliphatic carbocycles. The van der Waals surface area contributed by atoms with E-state index < -0.39 is 0 Å². The van der Waals surface area contributed by atoms with Crippen LogP contribution < -0.4 is 10.6 Å². The molecule has 2 aromatic rings. The molecule has 2 fully saturated rings. The van der Waals surface area contributed by atoms with Crippen molar-refractivity contribution in [2.45, 2.75) is 44.8 Å². The Morgan fingerprint density at radius 3 is 2.81 bits per heavy atom. The number of benzene rings is 1. The van der Waals surface area contributed by atoms with Gasteiger partial charge in [-0.15, -0.1) is 24.0 Å². The first-order valence-corrected chi connectivity index (χ1v) is 11.2. The number of halogens is 1. The molecular formula is C24H35IN4O2. The third-order valence-electron chi connectivity index (χ3n) is 6.05. The summed E-state index contributed by atoms with van der Waals surface area (Å²) in [6.07, 6.45) is 4.80.